The van der Waals surface area contributed by atoms with E-state index in [9.17, 15) is 18.0 Å². The number of thiophene rings is 1. The molecular formula is C20H25N3O4S2. The average Bonchev–Trinajstić information content (AvgIpc) is 3.27. The molecule has 0 radical (unpaired) electrons. The molecule has 0 aliphatic heterocycles. The minimum absolute atomic E-state index is 0.204. The third kappa shape index (κ3) is 6.30. The molecular weight excluding hydrogens is 410 g/mol. The predicted molar refractivity (Wildman–Crippen MR) is 113 cm³/mol. The molecule has 0 bridgehead atoms. The molecule has 1 aromatic carbocycles. The smallest absolute Gasteiger partial charge is 0.271 e. The molecule has 1 aliphatic rings. The number of benzene rings is 1. The van der Waals surface area contributed by atoms with E-state index in [1.165, 1.54) is 62.4 Å². The number of carbonyl (C=O) groups excluding carboxylic acids is 2. The van der Waals surface area contributed by atoms with Crippen molar-refractivity contribution in [3.05, 3.63) is 47.3 Å². The predicted octanol–water partition coefficient (Wildman–Crippen LogP) is 3.67. The molecule has 0 saturated heterocycles. The van der Waals surface area contributed by atoms with Gasteiger partial charge in [0.2, 0.25) is 5.91 Å². The van der Waals surface area contributed by atoms with E-state index in [0.29, 0.717) is 23.6 Å². The highest BCUT2D eigenvalue weighted by atomic mass is 32.2. The van der Waals surface area contributed by atoms with Crippen LogP contribution in [0.1, 0.15) is 55.3 Å². The molecule has 3 N–H and O–H groups in total. The van der Waals surface area contributed by atoms with Crippen molar-refractivity contribution in [2.24, 2.45) is 5.92 Å². The summed E-state index contributed by atoms with van der Waals surface area (Å²) in [4.78, 5) is 24.1. The molecule has 2 aromatic rings. The molecule has 1 aliphatic carbocycles. The topological polar surface area (TPSA) is 104 Å². The Balaban J connectivity index is 1.45. The zero-order valence-electron chi connectivity index (χ0n) is 16.0. The Kier molecular flexibility index (Phi) is 7.27. The second kappa shape index (κ2) is 9.89. The van der Waals surface area contributed by atoms with Gasteiger partial charge in [0, 0.05) is 17.7 Å². The van der Waals surface area contributed by atoms with E-state index in [1.54, 1.807) is 11.4 Å². The first-order valence-corrected chi connectivity index (χ1v) is 12.1. The van der Waals surface area contributed by atoms with Gasteiger partial charge in [0.15, 0.2) is 0 Å². The molecule has 0 unspecified atom stereocenters. The maximum absolute atomic E-state index is 12.2. The third-order valence-corrected chi connectivity index (χ3v) is 7.76. The van der Waals surface area contributed by atoms with E-state index in [-0.39, 0.29) is 10.1 Å². The van der Waals surface area contributed by atoms with Crippen molar-refractivity contribution in [1.29, 1.82) is 0 Å². The van der Waals surface area contributed by atoms with E-state index < -0.39 is 15.9 Å². The number of rotatable bonds is 7. The van der Waals surface area contributed by atoms with Crippen LogP contribution in [0.25, 0.3) is 0 Å². The molecule has 156 valence electrons. The van der Waals surface area contributed by atoms with Crippen molar-refractivity contribution >= 4 is 38.9 Å². The van der Waals surface area contributed by atoms with Crippen LogP contribution < -0.4 is 15.6 Å². The summed E-state index contributed by atoms with van der Waals surface area (Å²) in [5.74, 6) is -0.0522. The van der Waals surface area contributed by atoms with Gasteiger partial charge >= 0.3 is 0 Å². The monoisotopic (exact) mass is 435 g/mol. The Morgan fingerprint density at radius 3 is 2.38 bits per heavy atom. The van der Waals surface area contributed by atoms with Crippen LogP contribution in [0.5, 0.6) is 0 Å². The van der Waals surface area contributed by atoms with Crippen LogP contribution in [0.2, 0.25) is 0 Å². The van der Waals surface area contributed by atoms with Crippen LogP contribution in [-0.2, 0) is 14.8 Å². The number of sulfonamides is 1. The van der Waals surface area contributed by atoms with Crippen molar-refractivity contribution < 1.29 is 18.0 Å². The van der Waals surface area contributed by atoms with Crippen molar-refractivity contribution in [3.63, 3.8) is 0 Å². The lowest BCUT2D eigenvalue weighted by atomic mass is 9.86. The summed E-state index contributed by atoms with van der Waals surface area (Å²) in [6, 6.07) is 9.18. The fourth-order valence-electron chi connectivity index (χ4n) is 3.38. The quantitative estimate of drug-likeness (QED) is 0.577. The van der Waals surface area contributed by atoms with Gasteiger partial charge in [-0.05, 0) is 48.1 Å². The SMILES string of the molecule is O=C(CCC1CCCCC1)NNC(=O)c1ccc(NS(=O)(=O)c2cccs2)cc1. The molecule has 9 heteroatoms. The Bertz CT molecular complexity index is 919. The van der Waals surface area contributed by atoms with Gasteiger partial charge in [-0.1, -0.05) is 38.2 Å². The molecule has 1 aromatic heterocycles. The zero-order valence-corrected chi connectivity index (χ0v) is 17.7. The average molecular weight is 436 g/mol. The molecule has 0 atom stereocenters. The van der Waals surface area contributed by atoms with Gasteiger partial charge in [-0.3, -0.25) is 25.2 Å². The highest BCUT2D eigenvalue weighted by Gasteiger charge is 2.17. The highest BCUT2D eigenvalue weighted by molar-refractivity contribution is 7.94. The number of anilines is 1. The van der Waals surface area contributed by atoms with E-state index >= 15 is 0 Å². The van der Waals surface area contributed by atoms with Gasteiger partial charge < -0.3 is 0 Å². The number of amides is 2. The highest BCUT2D eigenvalue weighted by Crippen LogP contribution is 2.27. The van der Waals surface area contributed by atoms with Gasteiger partial charge in [0.1, 0.15) is 4.21 Å². The van der Waals surface area contributed by atoms with Gasteiger partial charge in [0.25, 0.3) is 15.9 Å². The molecule has 2 amide bonds. The number of hydrazine groups is 1. The van der Waals surface area contributed by atoms with Gasteiger partial charge in [-0.2, -0.15) is 0 Å². The maximum atomic E-state index is 12.2. The van der Waals surface area contributed by atoms with E-state index in [4.69, 9.17) is 0 Å². The normalized spacial score (nSPS) is 14.9. The Morgan fingerprint density at radius 1 is 1.00 bits per heavy atom. The van der Waals surface area contributed by atoms with Crippen LogP contribution in [0.15, 0.2) is 46.0 Å². The molecule has 0 spiro atoms. The molecule has 29 heavy (non-hydrogen) atoms. The van der Waals surface area contributed by atoms with E-state index in [1.807, 2.05) is 0 Å². The number of nitrogens with one attached hydrogen (secondary N) is 3. The van der Waals surface area contributed by atoms with Crippen LogP contribution in [0, 0.1) is 5.92 Å². The molecule has 3 rings (SSSR count). The number of hydrogen-bond acceptors (Lipinski definition) is 5. The van der Waals surface area contributed by atoms with Gasteiger partial charge in [-0.15, -0.1) is 11.3 Å². The minimum atomic E-state index is -3.63. The summed E-state index contributed by atoms with van der Waals surface area (Å²) in [5.41, 5.74) is 5.51. The number of carbonyl (C=O) groups is 2. The lowest BCUT2D eigenvalue weighted by Crippen LogP contribution is -2.41. The fourth-order valence-corrected chi connectivity index (χ4v) is 5.44. The molecule has 1 heterocycles. The van der Waals surface area contributed by atoms with Gasteiger partial charge in [0.05, 0.1) is 0 Å². The summed E-state index contributed by atoms with van der Waals surface area (Å²) >= 11 is 1.12. The summed E-state index contributed by atoms with van der Waals surface area (Å²) in [5, 5.41) is 1.69. The Labute approximate surface area is 174 Å². The lowest BCUT2D eigenvalue weighted by molar-refractivity contribution is -0.122. The van der Waals surface area contributed by atoms with E-state index in [2.05, 4.69) is 15.6 Å². The molecule has 1 fully saturated rings. The standard InChI is InChI=1S/C20H25N3O4S2/c24-18(13-8-15-5-2-1-3-6-15)21-22-20(25)16-9-11-17(12-10-16)23-29(26,27)19-7-4-14-28-19/h4,7,9-12,14-15,23H,1-3,5-6,8,13H2,(H,21,24)(H,22,25). The van der Waals surface area contributed by atoms with Crippen molar-refractivity contribution in [2.75, 3.05) is 4.72 Å². The van der Waals surface area contributed by atoms with Crippen molar-refractivity contribution in [3.8, 4) is 0 Å². The first-order chi connectivity index (χ1) is 13.9. The number of hydrogen-bond donors (Lipinski definition) is 3. The fraction of sp³-hybridized carbons (Fsp3) is 0.400. The summed E-state index contributed by atoms with van der Waals surface area (Å²) in [7, 11) is -3.63. The Morgan fingerprint density at radius 2 is 1.72 bits per heavy atom. The Hall–Kier alpha value is -2.39. The molecule has 7 nitrogen and oxygen atoms in total. The van der Waals surface area contributed by atoms with Gasteiger partial charge in [-0.25, -0.2) is 8.42 Å². The third-order valence-electron chi connectivity index (χ3n) is 4.98. The van der Waals surface area contributed by atoms with Crippen LogP contribution in [-0.4, -0.2) is 20.2 Å². The lowest BCUT2D eigenvalue weighted by Gasteiger charge is -2.21. The maximum Gasteiger partial charge on any atom is 0.271 e. The largest absolute Gasteiger partial charge is 0.279 e. The molecule has 1 saturated carbocycles. The first kappa shape index (κ1) is 21.3. The summed E-state index contributed by atoms with van der Waals surface area (Å²) < 4.78 is 27.1. The zero-order chi connectivity index (χ0) is 20.7. The van der Waals surface area contributed by atoms with E-state index in [0.717, 1.165) is 17.8 Å². The van der Waals surface area contributed by atoms with Crippen molar-refractivity contribution in [2.45, 2.75) is 49.2 Å². The second-order valence-electron chi connectivity index (χ2n) is 7.16. The first-order valence-electron chi connectivity index (χ1n) is 9.69. The minimum Gasteiger partial charge on any atom is -0.279 e. The van der Waals surface area contributed by atoms with Crippen LogP contribution in [0.3, 0.4) is 0 Å². The second-order valence-corrected chi connectivity index (χ2v) is 10.0. The van der Waals surface area contributed by atoms with Crippen LogP contribution >= 0.6 is 11.3 Å². The van der Waals surface area contributed by atoms with Crippen LogP contribution in [0.4, 0.5) is 5.69 Å². The summed E-state index contributed by atoms with van der Waals surface area (Å²) in [6.45, 7) is 0. The van der Waals surface area contributed by atoms with Crippen molar-refractivity contribution in [1.82, 2.24) is 10.9 Å². The summed E-state index contributed by atoms with van der Waals surface area (Å²) in [6.07, 6.45) is 7.37.